The normalized spacial score (nSPS) is 19.3. The smallest absolute Gasteiger partial charge is 0.409 e. The van der Waals surface area contributed by atoms with E-state index >= 15 is 0 Å². The number of nitrogens with zero attached hydrogens (tertiary/aromatic N) is 4. The van der Waals surface area contributed by atoms with Gasteiger partial charge in [-0.05, 0) is 50.3 Å². The lowest BCUT2D eigenvalue weighted by Gasteiger charge is -2.39. The van der Waals surface area contributed by atoms with Crippen molar-refractivity contribution >= 4 is 40.8 Å². The second kappa shape index (κ2) is 10.5. The number of fused-ring (bicyclic) bond motifs is 1. The molecule has 4 amide bonds. The number of hydrogen-bond acceptors (Lipinski definition) is 7. The molecule has 196 valence electrons. The van der Waals surface area contributed by atoms with E-state index in [1.807, 2.05) is 41.5 Å². The Bertz CT molecular complexity index is 1180. The van der Waals surface area contributed by atoms with E-state index in [0.717, 1.165) is 10.6 Å². The Morgan fingerprint density at radius 1 is 0.973 bits per heavy atom. The van der Waals surface area contributed by atoms with E-state index in [-0.39, 0.29) is 35.8 Å². The van der Waals surface area contributed by atoms with E-state index in [0.29, 0.717) is 69.8 Å². The fourth-order valence-electron chi connectivity index (χ4n) is 5.51. The Morgan fingerprint density at radius 2 is 1.68 bits per heavy atom. The second-order valence-electron chi connectivity index (χ2n) is 9.64. The van der Waals surface area contributed by atoms with Crippen molar-refractivity contribution in [3.8, 4) is 0 Å². The minimum Gasteiger partial charge on any atom is -0.450 e. The van der Waals surface area contributed by atoms with E-state index in [1.54, 1.807) is 17.9 Å². The van der Waals surface area contributed by atoms with Crippen LogP contribution in [0, 0.1) is 5.92 Å². The highest BCUT2D eigenvalue weighted by Gasteiger charge is 2.42. The first-order chi connectivity index (χ1) is 17.9. The molecule has 0 radical (unpaired) electrons. The Morgan fingerprint density at radius 3 is 2.32 bits per heavy atom. The van der Waals surface area contributed by atoms with E-state index in [1.165, 1.54) is 16.2 Å². The van der Waals surface area contributed by atoms with Crippen molar-refractivity contribution in [3.63, 3.8) is 0 Å². The number of rotatable bonds is 5. The van der Waals surface area contributed by atoms with Gasteiger partial charge in [-0.15, -0.1) is 11.3 Å². The Hall–Kier alpha value is -3.40. The number of imide groups is 1. The van der Waals surface area contributed by atoms with Crippen molar-refractivity contribution in [2.24, 2.45) is 5.92 Å². The van der Waals surface area contributed by atoms with Gasteiger partial charge in [-0.1, -0.05) is 12.1 Å². The molecule has 0 bridgehead atoms. The summed E-state index contributed by atoms with van der Waals surface area (Å²) in [6.45, 7) is 7.27. The van der Waals surface area contributed by atoms with Gasteiger partial charge in [-0.25, -0.2) is 4.79 Å². The number of benzene rings is 1. The van der Waals surface area contributed by atoms with Gasteiger partial charge >= 0.3 is 6.09 Å². The van der Waals surface area contributed by atoms with Crippen molar-refractivity contribution in [2.45, 2.75) is 32.7 Å². The van der Waals surface area contributed by atoms with Gasteiger partial charge in [0, 0.05) is 50.1 Å². The zero-order chi connectivity index (χ0) is 26.1. The van der Waals surface area contributed by atoms with E-state index in [2.05, 4.69) is 4.90 Å². The zero-order valence-electron chi connectivity index (χ0n) is 21.2. The van der Waals surface area contributed by atoms with Crippen molar-refractivity contribution in [1.82, 2.24) is 14.7 Å². The fourth-order valence-corrected chi connectivity index (χ4v) is 6.28. The van der Waals surface area contributed by atoms with E-state index in [4.69, 9.17) is 4.74 Å². The van der Waals surface area contributed by atoms with E-state index in [9.17, 15) is 19.2 Å². The first kappa shape index (κ1) is 25.3. The molecule has 2 fully saturated rings. The number of amides is 4. The Labute approximate surface area is 220 Å². The third-order valence-corrected chi connectivity index (χ3v) is 8.61. The van der Waals surface area contributed by atoms with Crippen molar-refractivity contribution in [2.75, 3.05) is 50.8 Å². The largest absolute Gasteiger partial charge is 0.450 e. The highest BCUT2D eigenvalue weighted by molar-refractivity contribution is 7.10. The minimum absolute atomic E-state index is 0.0881. The molecule has 0 N–H and O–H groups in total. The average Bonchev–Trinajstić information content (AvgIpc) is 3.55. The summed E-state index contributed by atoms with van der Waals surface area (Å²) in [6.07, 6.45) is 1.03. The van der Waals surface area contributed by atoms with Crippen molar-refractivity contribution in [3.05, 3.63) is 51.7 Å². The molecule has 2 saturated heterocycles. The molecule has 3 aliphatic heterocycles. The van der Waals surface area contributed by atoms with Gasteiger partial charge in [0.1, 0.15) is 0 Å². The highest BCUT2D eigenvalue weighted by Crippen LogP contribution is 2.38. The van der Waals surface area contributed by atoms with Crippen LogP contribution in [0.3, 0.4) is 0 Å². The molecule has 9 nitrogen and oxygen atoms in total. The molecular formula is C27H32N4O5S. The summed E-state index contributed by atoms with van der Waals surface area (Å²) in [5.41, 5.74) is 1.69. The summed E-state index contributed by atoms with van der Waals surface area (Å²) in [4.78, 5) is 59.8. The van der Waals surface area contributed by atoms with Gasteiger partial charge in [0.2, 0.25) is 5.91 Å². The zero-order valence-corrected chi connectivity index (χ0v) is 22.0. The van der Waals surface area contributed by atoms with Crippen LogP contribution in [0.2, 0.25) is 0 Å². The number of piperazine rings is 1. The molecule has 4 heterocycles. The predicted octanol–water partition coefficient (Wildman–Crippen LogP) is 3.62. The molecule has 37 heavy (non-hydrogen) atoms. The molecule has 1 aromatic carbocycles. The van der Waals surface area contributed by atoms with Crippen LogP contribution in [0.25, 0.3) is 0 Å². The molecule has 2 aromatic rings. The third-order valence-electron chi connectivity index (χ3n) is 7.57. The fraction of sp³-hybridized carbons (Fsp3) is 0.481. The van der Waals surface area contributed by atoms with E-state index < -0.39 is 0 Å². The number of carbonyl (C=O) groups is 4. The second-order valence-corrected chi connectivity index (χ2v) is 10.6. The minimum atomic E-state index is -0.326. The molecule has 1 atom stereocenters. The van der Waals surface area contributed by atoms with Gasteiger partial charge in [0.05, 0.1) is 29.5 Å². The third kappa shape index (κ3) is 4.70. The number of piperidine rings is 1. The number of carbonyl (C=O) groups excluding carboxylic acids is 4. The number of thiophene rings is 1. The summed E-state index contributed by atoms with van der Waals surface area (Å²) in [7, 11) is 0. The standard InChI is InChI=1S/C27H32N4O5S/c1-3-36-27(35)30-15-13-29(14-16-30)24(32)19-9-11-28(12-10-19)21-7-4-6-20-23(21)26(34)31(25(20)33)18(2)22-8-5-17-37-22/h4-8,17-19H,3,9-16H2,1-2H3/t18-/m1/s1. The van der Waals surface area contributed by atoms with Gasteiger partial charge in [-0.2, -0.15) is 0 Å². The summed E-state index contributed by atoms with van der Waals surface area (Å²) < 4.78 is 5.06. The van der Waals surface area contributed by atoms with Gasteiger partial charge in [-0.3, -0.25) is 19.3 Å². The van der Waals surface area contributed by atoms with Crippen molar-refractivity contribution in [1.29, 1.82) is 0 Å². The topological polar surface area (TPSA) is 90.5 Å². The molecule has 0 saturated carbocycles. The summed E-state index contributed by atoms with van der Waals surface area (Å²) in [5, 5.41) is 1.95. The van der Waals surface area contributed by atoms with Crippen LogP contribution in [-0.4, -0.2) is 84.4 Å². The van der Waals surface area contributed by atoms with Crippen LogP contribution < -0.4 is 4.90 Å². The highest BCUT2D eigenvalue weighted by atomic mass is 32.1. The summed E-state index contributed by atoms with van der Waals surface area (Å²) in [6, 6.07) is 9.00. The van der Waals surface area contributed by atoms with Crippen LogP contribution in [0.15, 0.2) is 35.7 Å². The molecule has 10 heteroatoms. The molecule has 0 aliphatic carbocycles. The van der Waals surface area contributed by atoms with Crippen LogP contribution in [0.1, 0.15) is 58.3 Å². The number of hydrogen-bond donors (Lipinski definition) is 0. The maximum absolute atomic E-state index is 13.5. The molecule has 0 spiro atoms. The molecule has 5 rings (SSSR count). The van der Waals surface area contributed by atoms with Gasteiger partial charge in [0.15, 0.2) is 0 Å². The van der Waals surface area contributed by atoms with Crippen molar-refractivity contribution < 1.29 is 23.9 Å². The maximum Gasteiger partial charge on any atom is 0.409 e. The lowest BCUT2D eigenvalue weighted by atomic mass is 9.93. The quantitative estimate of drug-likeness (QED) is 0.555. The summed E-state index contributed by atoms with van der Waals surface area (Å²) in [5.74, 6) is -0.470. The van der Waals surface area contributed by atoms with Crippen LogP contribution in [0.4, 0.5) is 10.5 Å². The molecular weight excluding hydrogens is 492 g/mol. The van der Waals surface area contributed by atoms with Crippen LogP contribution in [0.5, 0.6) is 0 Å². The molecule has 0 unspecified atom stereocenters. The SMILES string of the molecule is CCOC(=O)N1CCN(C(=O)C2CCN(c3cccc4c3C(=O)N([C@H](C)c3cccs3)C4=O)CC2)CC1. The Kier molecular flexibility index (Phi) is 7.19. The molecule has 3 aliphatic rings. The lowest BCUT2D eigenvalue weighted by molar-refractivity contribution is -0.137. The molecule has 1 aromatic heterocycles. The first-order valence-corrected chi connectivity index (χ1v) is 13.8. The number of ether oxygens (including phenoxy) is 1. The lowest BCUT2D eigenvalue weighted by Crippen LogP contribution is -2.53. The van der Waals surface area contributed by atoms with Gasteiger partial charge in [0.25, 0.3) is 11.8 Å². The van der Waals surface area contributed by atoms with Gasteiger partial charge < -0.3 is 19.4 Å². The van der Waals surface area contributed by atoms with Crippen LogP contribution >= 0.6 is 11.3 Å². The maximum atomic E-state index is 13.5. The monoisotopic (exact) mass is 524 g/mol. The van der Waals surface area contributed by atoms with Crippen LogP contribution in [-0.2, 0) is 9.53 Å². The summed E-state index contributed by atoms with van der Waals surface area (Å²) >= 11 is 1.53. The average molecular weight is 525 g/mol. The Balaban J connectivity index is 1.23. The first-order valence-electron chi connectivity index (χ1n) is 12.9. The number of anilines is 1. The predicted molar refractivity (Wildman–Crippen MR) is 140 cm³/mol.